The molecule has 0 aliphatic carbocycles. The summed E-state index contributed by atoms with van der Waals surface area (Å²) in [5.41, 5.74) is 1.85. The van der Waals surface area contributed by atoms with Crippen molar-refractivity contribution in [3.63, 3.8) is 0 Å². The van der Waals surface area contributed by atoms with Crippen LogP contribution in [0.3, 0.4) is 0 Å². The van der Waals surface area contributed by atoms with Crippen molar-refractivity contribution >= 4 is 12.0 Å². The van der Waals surface area contributed by atoms with Crippen LogP contribution in [0, 0.1) is 6.92 Å². The third kappa shape index (κ3) is 3.68. The summed E-state index contributed by atoms with van der Waals surface area (Å²) in [5.74, 6) is -0.894. The van der Waals surface area contributed by atoms with Crippen LogP contribution in [0.25, 0.3) is 6.08 Å². The van der Waals surface area contributed by atoms with E-state index in [1.165, 1.54) is 6.07 Å². The molecule has 1 heterocycles. The van der Waals surface area contributed by atoms with E-state index in [4.69, 9.17) is 9.84 Å². The van der Waals surface area contributed by atoms with Gasteiger partial charge in [0, 0.05) is 5.69 Å². The Bertz CT molecular complexity index is 621. The third-order valence-corrected chi connectivity index (χ3v) is 2.66. The van der Waals surface area contributed by atoms with Crippen molar-refractivity contribution in [1.29, 1.82) is 0 Å². The van der Waals surface area contributed by atoms with Gasteiger partial charge in [-0.1, -0.05) is 36.4 Å². The Balaban J connectivity index is 2.02. The molecule has 4 heteroatoms. The number of aromatic nitrogens is 1. The molecule has 1 aromatic heterocycles. The van der Waals surface area contributed by atoms with Crippen LogP contribution in [0.4, 0.5) is 0 Å². The molecular formula is C16H15NO3. The molecule has 0 aliphatic rings. The van der Waals surface area contributed by atoms with E-state index >= 15 is 0 Å². The predicted molar refractivity (Wildman–Crippen MR) is 76.9 cm³/mol. The number of ether oxygens (including phenoxy) is 1. The monoisotopic (exact) mass is 269 g/mol. The van der Waals surface area contributed by atoms with Gasteiger partial charge in [-0.25, -0.2) is 9.78 Å². The second-order valence-electron chi connectivity index (χ2n) is 4.23. The molecule has 0 fully saturated rings. The second-order valence-corrected chi connectivity index (χ2v) is 4.23. The molecule has 2 aromatic rings. The Morgan fingerprint density at radius 1 is 1.25 bits per heavy atom. The lowest BCUT2D eigenvalue weighted by Crippen LogP contribution is -2.05. The molecule has 0 bridgehead atoms. The number of nitrogens with zero attached hydrogens (tertiary/aromatic N) is 1. The van der Waals surface area contributed by atoms with Gasteiger partial charge >= 0.3 is 5.97 Å². The average molecular weight is 269 g/mol. The number of carboxylic acids is 1. The van der Waals surface area contributed by atoms with E-state index in [9.17, 15) is 4.79 Å². The molecule has 0 radical (unpaired) electrons. The fourth-order valence-corrected chi connectivity index (χ4v) is 1.68. The van der Waals surface area contributed by atoms with Gasteiger partial charge in [0.1, 0.15) is 12.2 Å². The zero-order chi connectivity index (χ0) is 14.4. The summed E-state index contributed by atoms with van der Waals surface area (Å²) in [6.07, 6.45) is 3.74. The number of aromatic carboxylic acids is 1. The minimum atomic E-state index is -1.04. The molecule has 0 saturated heterocycles. The lowest BCUT2D eigenvalue weighted by Gasteiger charge is -2.06. The first-order valence-electron chi connectivity index (χ1n) is 6.22. The summed E-state index contributed by atoms with van der Waals surface area (Å²) < 4.78 is 5.42. The summed E-state index contributed by atoms with van der Waals surface area (Å²) in [6, 6.07) is 12.9. The molecule has 2 rings (SSSR count). The van der Waals surface area contributed by atoms with Crippen LogP contribution in [0.2, 0.25) is 0 Å². The molecule has 1 aromatic carbocycles. The first-order valence-corrected chi connectivity index (χ1v) is 6.22. The highest BCUT2D eigenvalue weighted by Crippen LogP contribution is 2.16. The number of pyridine rings is 1. The van der Waals surface area contributed by atoms with Gasteiger partial charge in [0.2, 0.25) is 5.88 Å². The third-order valence-electron chi connectivity index (χ3n) is 2.66. The first kappa shape index (κ1) is 13.8. The summed E-state index contributed by atoms with van der Waals surface area (Å²) in [5, 5.41) is 9.05. The fraction of sp³-hybridized carbons (Fsp3) is 0.125. The standard InChI is InChI=1S/C16H15NO3/c1-12-9-10-14(16(18)19)15(17-12)20-11-5-8-13-6-3-2-4-7-13/h2-10H,11H2,1H3,(H,18,19). The number of aryl methyl sites for hydroxylation is 1. The lowest BCUT2D eigenvalue weighted by molar-refractivity contribution is 0.0692. The SMILES string of the molecule is Cc1ccc(C(=O)O)c(OCC=Cc2ccccc2)n1. The number of carbonyl (C=O) groups is 1. The van der Waals surface area contributed by atoms with E-state index < -0.39 is 5.97 Å². The quantitative estimate of drug-likeness (QED) is 0.905. The van der Waals surface area contributed by atoms with Crippen molar-refractivity contribution in [2.24, 2.45) is 0 Å². The van der Waals surface area contributed by atoms with Gasteiger partial charge in [0.15, 0.2) is 0 Å². The van der Waals surface area contributed by atoms with Crippen LogP contribution in [0.1, 0.15) is 21.6 Å². The summed E-state index contributed by atoms with van der Waals surface area (Å²) in [7, 11) is 0. The van der Waals surface area contributed by atoms with Crippen LogP contribution in [-0.4, -0.2) is 22.7 Å². The Morgan fingerprint density at radius 2 is 2.00 bits per heavy atom. The number of hydrogen-bond acceptors (Lipinski definition) is 3. The van der Waals surface area contributed by atoms with Crippen molar-refractivity contribution in [1.82, 2.24) is 4.98 Å². The topological polar surface area (TPSA) is 59.4 Å². The molecule has 0 amide bonds. The molecule has 1 N–H and O–H groups in total. The van der Waals surface area contributed by atoms with E-state index in [1.807, 2.05) is 42.5 Å². The van der Waals surface area contributed by atoms with Crippen LogP contribution >= 0.6 is 0 Å². The molecule has 4 nitrogen and oxygen atoms in total. The normalized spacial score (nSPS) is 10.7. The maximum absolute atomic E-state index is 11.0. The zero-order valence-corrected chi connectivity index (χ0v) is 11.1. The van der Waals surface area contributed by atoms with E-state index in [1.54, 1.807) is 13.0 Å². The summed E-state index contributed by atoms with van der Waals surface area (Å²) in [4.78, 5) is 15.2. The minimum absolute atomic E-state index is 0.0729. The molecule has 102 valence electrons. The molecular weight excluding hydrogens is 254 g/mol. The zero-order valence-electron chi connectivity index (χ0n) is 11.1. The van der Waals surface area contributed by atoms with Crippen molar-refractivity contribution in [3.8, 4) is 5.88 Å². The highest BCUT2D eigenvalue weighted by atomic mass is 16.5. The van der Waals surface area contributed by atoms with E-state index in [-0.39, 0.29) is 18.1 Å². The van der Waals surface area contributed by atoms with Crippen molar-refractivity contribution < 1.29 is 14.6 Å². The van der Waals surface area contributed by atoms with E-state index in [0.29, 0.717) is 0 Å². The van der Waals surface area contributed by atoms with Gasteiger partial charge in [0.05, 0.1) is 0 Å². The number of benzene rings is 1. The van der Waals surface area contributed by atoms with Crippen LogP contribution in [0.15, 0.2) is 48.5 Å². The van der Waals surface area contributed by atoms with Crippen molar-refractivity contribution in [3.05, 3.63) is 65.4 Å². The van der Waals surface area contributed by atoms with Gasteiger partial charge in [0.25, 0.3) is 0 Å². The maximum atomic E-state index is 11.0. The lowest BCUT2D eigenvalue weighted by atomic mass is 10.2. The van der Waals surface area contributed by atoms with Gasteiger partial charge < -0.3 is 9.84 Å². The number of carboxylic acid groups (broad SMARTS) is 1. The van der Waals surface area contributed by atoms with Crippen LogP contribution < -0.4 is 4.74 Å². The van der Waals surface area contributed by atoms with Crippen LogP contribution in [-0.2, 0) is 0 Å². The smallest absolute Gasteiger partial charge is 0.341 e. The maximum Gasteiger partial charge on any atom is 0.341 e. The predicted octanol–water partition coefficient (Wildman–Crippen LogP) is 3.18. The van der Waals surface area contributed by atoms with Gasteiger partial charge in [-0.15, -0.1) is 0 Å². The Labute approximate surface area is 117 Å². The Hall–Kier alpha value is -2.62. The highest BCUT2D eigenvalue weighted by Gasteiger charge is 2.12. The van der Waals surface area contributed by atoms with E-state index in [0.717, 1.165) is 11.3 Å². The van der Waals surface area contributed by atoms with Crippen molar-refractivity contribution in [2.75, 3.05) is 6.61 Å². The Morgan fingerprint density at radius 3 is 2.70 bits per heavy atom. The largest absolute Gasteiger partial charge is 0.477 e. The van der Waals surface area contributed by atoms with Crippen LogP contribution in [0.5, 0.6) is 5.88 Å². The van der Waals surface area contributed by atoms with Gasteiger partial charge in [-0.3, -0.25) is 0 Å². The second kappa shape index (κ2) is 6.52. The molecule has 0 spiro atoms. The molecule has 0 atom stereocenters. The first-order chi connectivity index (χ1) is 9.66. The Kier molecular flexibility index (Phi) is 4.50. The number of hydrogen-bond donors (Lipinski definition) is 1. The molecule has 0 unspecified atom stereocenters. The molecule has 0 saturated carbocycles. The van der Waals surface area contributed by atoms with Crippen molar-refractivity contribution in [2.45, 2.75) is 6.92 Å². The van der Waals surface area contributed by atoms with Gasteiger partial charge in [-0.05, 0) is 30.7 Å². The minimum Gasteiger partial charge on any atom is -0.477 e. The number of rotatable bonds is 5. The highest BCUT2D eigenvalue weighted by molar-refractivity contribution is 5.90. The summed E-state index contributed by atoms with van der Waals surface area (Å²) >= 11 is 0. The fourth-order valence-electron chi connectivity index (χ4n) is 1.68. The molecule has 0 aliphatic heterocycles. The summed E-state index contributed by atoms with van der Waals surface area (Å²) in [6.45, 7) is 2.06. The average Bonchev–Trinajstić information content (AvgIpc) is 2.44. The van der Waals surface area contributed by atoms with Gasteiger partial charge in [-0.2, -0.15) is 0 Å². The molecule has 20 heavy (non-hydrogen) atoms. The van der Waals surface area contributed by atoms with E-state index in [2.05, 4.69) is 4.98 Å².